The van der Waals surface area contributed by atoms with Crippen molar-refractivity contribution in [3.05, 3.63) is 56.4 Å². The Bertz CT molecular complexity index is 898. The van der Waals surface area contributed by atoms with Crippen molar-refractivity contribution in [1.82, 2.24) is 9.47 Å². The number of hydrogen-bond acceptors (Lipinski definition) is 3. The zero-order valence-corrected chi connectivity index (χ0v) is 16.0. The van der Waals surface area contributed by atoms with Crippen LogP contribution < -0.4 is 15.6 Å². The first kappa shape index (κ1) is 18.6. The van der Waals surface area contributed by atoms with Crippen molar-refractivity contribution in [2.24, 2.45) is 7.05 Å². The highest BCUT2D eigenvalue weighted by atomic mass is 35.5. The molecule has 0 aliphatic carbocycles. The third-order valence-corrected chi connectivity index (χ3v) is 5.12. The van der Waals surface area contributed by atoms with E-state index >= 15 is 0 Å². The molecule has 1 aliphatic rings. The van der Waals surface area contributed by atoms with Gasteiger partial charge in [0.15, 0.2) is 0 Å². The Balaban J connectivity index is 1.60. The first-order valence-electron chi connectivity index (χ1n) is 8.19. The fourth-order valence-electron chi connectivity index (χ4n) is 2.78. The van der Waals surface area contributed by atoms with Crippen LogP contribution in [0.1, 0.15) is 12.1 Å². The second-order valence-corrected chi connectivity index (χ2v) is 7.08. The average Bonchev–Trinajstić information content (AvgIpc) is 3.04. The van der Waals surface area contributed by atoms with E-state index in [4.69, 9.17) is 27.9 Å². The molecule has 3 rings (SSSR count). The van der Waals surface area contributed by atoms with Crippen LogP contribution in [0.2, 0.25) is 10.0 Å². The number of nitrogens with zero attached hydrogens (tertiary/aromatic N) is 2. The van der Waals surface area contributed by atoms with Gasteiger partial charge in [-0.05, 0) is 31.2 Å². The van der Waals surface area contributed by atoms with E-state index in [9.17, 15) is 9.59 Å². The summed E-state index contributed by atoms with van der Waals surface area (Å²) in [5.41, 5.74) is 1.28. The summed E-state index contributed by atoms with van der Waals surface area (Å²) in [6.45, 7) is 2.86. The van der Waals surface area contributed by atoms with Gasteiger partial charge in [0.1, 0.15) is 11.9 Å². The highest BCUT2D eigenvalue weighted by molar-refractivity contribution is 6.42. The van der Waals surface area contributed by atoms with Crippen LogP contribution in [0.25, 0.3) is 0 Å². The molecule has 1 aromatic carbocycles. The maximum Gasteiger partial charge on any atom is 0.321 e. The summed E-state index contributed by atoms with van der Waals surface area (Å²) in [6.07, 6.45) is 0.546. The van der Waals surface area contributed by atoms with Crippen LogP contribution in [-0.2, 0) is 7.05 Å². The molecule has 2 aromatic rings. The number of urea groups is 1. The summed E-state index contributed by atoms with van der Waals surface area (Å²) < 4.78 is 7.44. The van der Waals surface area contributed by atoms with E-state index in [-0.39, 0.29) is 17.7 Å². The number of carbonyl (C=O) groups excluding carboxylic acids is 1. The van der Waals surface area contributed by atoms with Crippen molar-refractivity contribution in [1.29, 1.82) is 0 Å². The van der Waals surface area contributed by atoms with E-state index in [1.54, 1.807) is 34.7 Å². The molecule has 0 bridgehead atoms. The molecule has 26 heavy (non-hydrogen) atoms. The Kier molecular flexibility index (Phi) is 5.44. The molecule has 6 nitrogen and oxygen atoms in total. The lowest BCUT2D eigenvalue weighted by Crippen LogP contribution is -2.34. The Morgan fingerprint density at radius 2 is 2.00 bits per heavy atom. The van der Waals surface area contributed by atoms with Crippen LogP contribution in [-0.4, -0.2) is 34.7 Å². The molecular formula is C18H19Cl2N3O3. The molecule has 0 spiro atoms. The molecule has 1 aliphatic heterocycles. The summed E-state index contributed by atoms with van der Waals surface area (Å²) in [7, 11) is 1.71. The van der Waals surface area contributed by atoms with Gasteiger partial charge in [-0.3, -0.25) is 4.79 Å². The molecule has 1 aromatic heterocycles. The fourth-order valence-corrected chi connectivity index (χ4v) is 3.08. The van der Waals surface area contributed by atoms with Gasteiger partial charge in [-0.25, -0.2) is 4.79 Å². The number of anilines is 1. The van der Waals surface area contributed by atoms with Crippen LogP contribution in [0, 0.1) is 6.92 Å². The first-order chi connectivity index (χ1) is 12.3. The average molecular weight is 396 g/mol. The Hall–Kier alpha value is -2.18. The summed E-state index contributed by atoms with van der Waals surface area (Å²) in [5.74, 6) is 0.530. The van der Waals surface area contributed by atoms with E-state index in [1.165, 1.54) is 6.07 Å². The van der Waals surface area contributed by atoms with Crippen molar-refractivity contribution < 1.29 is 9.53 Å². The van der Waals surface area contributed by atoms with E-state index in [0.717, 1.165) is 5.69 Å². The number of carbonyl (C=O) groups is 1. The molecule has 2 heterocycles. The largest absolute Gasteiger partial charge is 0.488 e. The third kappa shape index (κ3) is 4.14. The molecule has 1 N–H and O–H groups in total. The number of halogens is 2. The minimum atomic E-state index is -0.227. The van der Waals surface area contributed by atoms with Gasteiger partial charge in [-0.1, -0.05) is 23.2 Å². The molecule has 0 radical (unpaired) electrons. The van der Waals surface area contributed by atoms with Gasteiger partial charge in [0.05, 0.1) is 16.6 Å². The second kappa shape index (κ2) is 7.60. The number of likely N-dealkylation sites (tertiary alicyclic amines) is 1. The molecule has 138 valence electrons. The van der Waals surface area contributed by atoms with Gasteiger partial charge in [-0.15, -0.1) is 0 Å². The number of hydrogen-bond donors (Lipinski definition) is 1. The van der Waals surface area contributed by atoms with Crippen molar-refractivity contribution >= 4 is 34.9 Å². The number of rotatable bonds is 3. The number of benzene rings is 1. The molecular weight excluding hydrogens is 377 g/mol. The van der Waals surface area contributed by atoms with Gasteiger partial charge in [0.25, 0.3) is 5.56 Å². The summed E-state index contributed by atoms with van der Waals surface area (Å²) in [5, 5.41) is 3.61. The van der Waals surface area contributed by atoms with Crippen LogP contribution in [0.4, 0.5) is 10.5 Å². The Morgan fingerprint density at radius 3 is 2.69 bits per heavy atom. The number of nitrogens with one attached hydrogen (secondary N) is 1. The molecule has 1 saturated heterocycles. The predicted octanol–water partition coefficient (Wildman–Crippen LogP) is 3.69. The molecule has 1 fully saturated rings. The zero-order valence-electron chi connectivity index (χ0n) is 14.5. The third-order valence-electron chi connectivity index (χ3n) is 4.38. The number of amides is 2. The second-order valence-electron chi connectivity index (χ2n) is 6.26. The zero-order chi connectivity index (χ0) is 18.8. The fraction of sp³-hybridized carbons (Fsp3) is 0.333. The Labute approximate surface area is 161 Å². The minimum Gasteiger partial charge on any atom is -0.488 e. The van der Waals surface area contributed by atoms with E-state index < -0.39 is 0 Å². The number of ether oxygens (including phenoxy) is 1. The monoisotopic (exact) mass is 395 g/mol. The maximum atomic E-state index is 12.4. The van der Waals surface area contributed by atoms with Gasteiger partial charge in [-0.2, -0.15) is 0 Å². The quantitative estimate of drug-likeness (QED) is 0.861. The summed E-state index contributed by atoms with van der Waals surface area (Å²) in [4.78, 5) is 25.9. The standard InChI is InChI=1S/C18H19Cl2N3O3/c1-11-7-14(9-17(24)22(11)2)26-13-5-6-23(10-13)18(25)21-12-3-4-15(19)16(20)8-12/h3-4,7-9,13H,5-6,10H2,1-2H3,(H,21,25). The lowest BCUT2D eigenvalue weighted by atomic mass is 10.3. The predicted molar refractivity (Wildman–Crippen MR) is 103 cm³/mol. The summed E-state index contributed by atoms with van der Waals surface area (Å²) >= 11 is 11.8. The van der Waals surface area contributed by atoms with Gasteiger partial charge >= 0.3 is 6.03 Å². The SMILES string of the molecule is Cc1cc(OC2CCN(C(=O)Nc3ccc(Cl)c(Cl)c3)C2)cc(=O)n1C. The lowest BCUT2D eigenvalue weighted by molar-refractivity contribution is 0.194. The smallest absolute Gasteiger partial charge is 0.321 e. The molecule has 0 saturated carbocycles. The van der Waals surface area contributed by atoms with E-state index in [1.807, 2.05) is 13.0 Å². The van der Waals surface area contributed by atoms with Gasteiger partial charge < -0.3 is 19.5 Å². The summed E-state index contributed by atoms with van der Waals surface area (Å²) in [6, 6.07) is 7.99. The Morgan fingerprint density at radius 1 is 1.23 bits per heavy atom. The maximum absolute atomic E-state index is 12.4. The van der Waals surface area contributed by atoms with Gasteiger partial charge in [0.2, 0.25) is 0 Å². The van der Waals surface area contributed by atoms with Crippen molar-refractivity contribution in [3.63, 3.8) is 0 Å². The van der Waals surface area contributed by atoms with Crippen molar-refractivity contribution in [3.8, 4) is 5.75 Å². The van der Waals surface area contributed by atoms with E-state index in [2.05, 4.69) is 5.32 Å². The van der Waals surface area contributed by atoms with Crippen LogP contribution >= 0.6 is 23.2 Å². The topological polar surface area (TPSA) is 63.6 Å². The minimum absolute atomic E-state index is 0.118. The normalized spacial score (nSPS) is 16.6. The van der Waals surface area contributed by atoms with Gasteiger partial charge in [0, 0.05) is 37.5 Å². The van der Waals surface area contributed by atoms with Crippen LogP contribution in [0.15, 0.2) is 35.1 Å². The molecule has 1 unspecified atom stereocenters. The number of pyridine rings is 1. The number of aryl methyl sites for hydroxylation is 1. The molecule has 8 heteroatoms. The van der Waals surface area contributed by atoms with Crippen LogP contribution in [0.3, 0.4) is 0 Å². The van der Waals surface area contributed by atoms with Crippen LogP contribution in [0.5, 0.6) is 5.75 Å². The highest BCUT2D eigenvalue weighted by Crippen LogP contribution is 2.25. The number of aromatic nitrogens is 1. The first-order valence-corrected chi connectivity index (χ1v) is 8.94. The lowest BCUT2D eigenvalue weighted by Gasteiger charge is -2.18. The van der Waals surface area contributed by atoms with Crippen molar-refractivity contribution in [2.45, 2.75) is 19.4 Å². The molecule has 2 amide bonds. The van der Waals surface area contributed by atoms with E-state index in [0.29, 0.717) is 41.0 Å². The highest BCUT2D eigenvalue weighted by Gasteiger charge is 2.28. The molecule has 1 atom stereocenters. The van der Waals surface area contributed by atoms with Crippen molar-refractivity contribution in [2.75, 3.05) is 18.4 Å².